The third-order valence-electron chi connectivity index (χ3n) is 5.14. The quantitative estimate of drug-likeness (QED) is 0.695. The van der Waals surface area contributed by atoms with Gasteiger partial charge in [0.2, 0.25) is 5.89 Å². The molecule has 8 nitrogen and oxygen atoms in total. The van der Waals surface area contributed by atoms with Crippen LogP contribution in [0.2, 0.25) is 0 Å². The molecule has 0 spiro atoms. The molecule has 0 aliphatic carbocycles. The smallest absolute Gasteiger partial charge is 0.321 e. The van der Waals surface area contributed by atoms with Gasteiger partial charge in [0.1, 0.15) is 12.0 Å². The second-order valence-electron chi connectivity index (χ2n) is 7.09. The lowest BCUT2D eigenvalue weighted by atomic mass is 10.1. The lowest BCUT2D eigenvalue weighted by Gasteiger charge is -2.34. The van der Waals surface area contributed by atoms with Crippen LogP contribution in [-0.4, -0.2) is 58.0 Å². The minimum atomic E-state index is -0.234. The summed E-state index contributed by atoms with van der Waals surface area (Å²) >= 11 is 0. The Morgan fingerprint density at radius 1 is 1.07 bits per heavy atom. The fourth-order valence-electron chi connectivity index (χ4n) is 3.43. The van der Waals surface area contributed by atoms with Gasteiger partial charge in [-0.15, -0.1) is 0 Å². The first kappa shape index (κ1) is 19.5. The van der Waals surface area contributed by atoms with E-state index in [1.807, 2.05) is 25.1 Å². The first-order valence-corrected chi connectivity index (χ1v) is 9.66. The molecule has 8 heteroatoms. The van der Waals surface area contributed by atoms with Gasteiger partial charge in [-0.1, -0.05) is 18.2 Å². The Hall–Kier alpha value is -3.81. The van der Waals surface area contributed by atoms with Crippen molar-refractivity contribution in [3.8, 4) is 17.2 Å². The van der Waals surface area contributed by atoms with Crippen LogP contribution in [0.3, 0.4) is 0 Å². The van der Waals surface area contributed by atoms with Gasteiger partial charge in [-0.3, -0.25) is 4.79 Å². The molecular weight excluding hydrogens is 384 g/mol. The number of hydrogen-bond donors (Lipinski definition) is 2. The summed E-state index contributed by atoms with van der Waals surface area (Å²) in [5, 5.41) is 12.8. The molecule has 2 N–H and O–H groups in total. The van der Waals surface area contributed by atoms with Crippen molar-refractivity contribution in [1.82, 2.24) is 14.8 Å². The largest absolute Gasteiger partial charge is 0.507 e. The number of hydrogen-bond acceptors (Lipinski definition) is 5. The van der Waals surface area contributed by atoms with E-state index in [0.29, 0.717) is 37.8 Å². The maximum atomic E-state index is 12.7. The van der Waals surface area contributed by atoms with Crippen LogP contribution in [-0.2, 0) is 0 Å². The number of para-hydroxylation sites is 1. The van der Waals surface area contributed by atoms with Crippen LogP contribution in [0.15, 0.2) is 59.3 Å². The van der Waals surface area contributed by atoms with Gasteiger partial charge in [-0.25, -0.2) is 9.78 Å². The van der Waals surface area contributed by atoms with Gasteiger partial charge in [-0.2, -0.15) is 0 Å². The number of aryl methyl sites for hydroxylation is 1. The molecule has 0 atom stereocenters. The predicted molar refractivity (Wildman–Crippen MR) is 111 cm³/mol. The number of carbonyl (C=O) groups excluding carboxylic acids is 2. The summed E-state index contributed by atoms with van der Waals surface area (Å²) in [4.78, 5) is 32.8. The van der Waals surface area contributed by atoms with Crippen LogP contribution in [0.5, 0.6) is 5.75 Å². The van der Waals surface area contributed by atoms with Crippen molar-refractivity contribution in [2.45, 2.75) is 6.92 Å². The summed E-state index contributed by atoms with van der Waals surface area (Å²) in [5.41, 5.74) is 2.73. The minimum absolute atomic E-state index is 0.0381. The molecule has 1 fully saturated rings. The number of aromatic nitrogens is 1. The number of piperazine rings is 1. The Bertz CT molecular complexity index is 1060. The zero-order valence-corrected chi connectivity index (χ0v) is 16.5. The predicted octanol–water partition coefficient (Wildman–Crippen LogP) is 3.35. The SMILES string of the molecule is Cc1ccc(NC(=O)N2CCN(C(=O)c3ccccc3O)CC2)cc1-c1ncco1. The number of phenols is 1. The summed E-state index contributed by atoms with van der Waals surface area (Å²) in [6.45, 7) is 3.56. The number of phenolic OH excluding ortho intramolecular Hbond substituents is 1. The fraction of sp³-hybridized carbons (Fsp3) is 0.227. The average Bonchev–Trinajstić information content (AvgIpc) is 3.30. The van der Waals surface area contributed by atoms with E-state index in [2.05, 4.69) is 10.3 Å². The summed E-state index contributed by atoms with van der Waals surface area (Å²) < 4.78 is 5.37. The Morgan fingerprint density at radius 2 is 1.80 bits per heavy atom. The van der Waals surface area contributed by atoms with Gasteiger partial charge < -0.3 is 24.6 Å². The Morgan fingerprint density at radius 3 is 2.50 bits per heavy atom. The molecule has 3 amide bonds. The first-order chi connectivity index (χ1) is 14.5. The van der Waals surface area contributed by atoms with Gasteiger partial charge in [0.15, 0.2) is 0 Å². The normalized spacial score (nSPS) is 13.9. The zero-order valence-electron chi connectivity index (χ0n) is 16.5. The second-order valence-corrected chi connectivity index (χ2v) is 7.09. The molecule has 0 radical (unpaired) electrons. The Labute approximate surface area is 173 Å². The summed E-state index contributed by atoms with van der Waals surface area (Å²) in [7, 11) is 0. The number of aromatic hydroxyl groups is 1. The molecule has 1 saturated heterocycles. The molecule has 0 bridgehead atoms. The maximum Gasteiger partial charge on any atom is 0.321 e. The standard InChI is InChI=1S/C22H22N4O4/c1-15-6-7-16(14-18(15)20-23-8-13-30-20)24-22(29)26-11-9-25(10-12-26)21(28)17-4-2-3-5-19(17)27/h2-8,13-14,27H,9-12H2,1H3,(H,24,29). The number of nitrogens with zero attached hydrogens (tertiary/aromatic N) is 3. The molecule has 1 aliphatic rings. The number of rotatable bonds is 3. The number of nitrogens with one attached hydrogen (secondary N) is 1. The molecule has 2 aromatic carbocycles. The van der Waals surface area contributed by atoms with E-state index in [1.54, 1.807) is 34.2 Å². The molecule has 30 heavy (non-hydrogen) atoms. The number of benzene rings is 2. The Kier molecular flexibility index (Phi) is 5.38. The highest BCUT2D eigenvalue weighted by molar-refractivity contribution is 5.97. The molecule has 0 unspecified atom stereocenters. The fourth-order valence-corrected chi connectivity index (χ4v) is 3.43. The van der Waals surface area contributed by atoms with E-state index < -0.39 is 0 Å². The Balaban J connectivity index is 1.38. The van der Waals surface area contributed by atoms with Crippen molar-refractivity contribution in [3.63, 3.8) is 0 Å². The third kappa shape index (κ3) is 3.98. The molecule has 154 valence electrons. The second kappa shape index (κ2) is 8.28. The van der Waals surface area contributed by atoms with Crippen LogP contribution in [0.25, 0.3) is 11.5 Å². The van der Waals surface area contributed by atoms with Gasteiger partial charge in [0.05, 0.1) is 11.8 Å². The van der Waals surface area contributed by atoms with Gasteiger partial charge >= 0.3 is 6.03 Å². The highest BCUT2D eigenvalue weighted by Gasteiger charge is 2.26. The minimum Gasteiger partial charge on any atom is -0.507 e. The number of carbonyl (C=O) groups is 2. The zero-order chi connectivity index (χ0) is 21.1. The van der Waals surface area contributed by atoms with Crippen LogP contribution in [0.4, 0.5) is 10.5 Å². The molecule has 1 aliphatic heterocycles. The van der Waals surface area contributed by atoms with Crippen molar-refractivity contribution in [3.05, 3.63) is 66.1 Å². The molecule has 2 heterocycles. The lowest BCUT2D eigenvalue weighted by molar-refractivity contribution is 0.0668. The third-order valence-corrected chi connectivity index (χ3v) is 5.14. The summed E-state index contributed by atoms with van der Waals surface area (Å²) in [6, 6.07) is 11.8. The van der Waals surface area contributed by atoms with Crippen LogP contribution < -0.4 is 5.32 Å². The maximum absolute atomic E-state index is 12.7. The lowest BCUT2D eigenvalue weighted by Crippen LogP contribution is -2.51. The molecule has 3 aromatic rings. The number of amides is 3. The van der Waals surface area contributed by atoms with Crippen LogP contribution in [0.1, 0.15) is 15.9 Å². The van der Waals surface area contributed by atoms with Gasteiger partial charge in [0.25, 0.3) is 5.91 Å². The molecular formula is C22H22N4O4. The van der Waals surface area contributed by atoms with E-state index in [0.717, 1.165) is 11.1 Å². The van der Waals surface area contributed by atoms with Crippen molar-refractivity contribution < 1.29 is 19.1 Å². The van der Waals surface area contributed by atoms with Crippen LogP contribution >= 0.6 is 0 Å². The monoisotopic (exact) mass is 406 g/mol. The van der Waals surface area contributed by atoms with E-state index in [1.165, 1.54) is 12.3 Å². The number of anilines is 1. The van der Waals surface area contributed by atoms with Gasteiger partial charge in [-0.05, 0) is 36.8 Å². The molecule has 4 rings (SSSR count). The summed E-state index contributed by atoms with van der Waals surface area (Å²) in [6.07, 6.45) is 3.09. The van der Waals surface area contributed by atoms with E-state index in [9.17, 15) is 14.7 Å². The summed E-state index contributed by atoms with van der Waals surface area (Å²) in [5.74, 6) is 0.228. The average molecular weight is 406 g/mol. The van der Waals surface area contributed by atoms with E-state index >= 15 is 0 Å². The van der Waals surface area contributed by atoms with Crippen LogP contribution in [0, 0.1) is 6.92 Å². The van der Waals surface area contributed by atoms with Crippen molar-refractivity contribution >= 4 is 17.6 Å². The van der Waals surface area contributed by atoms with Crippen molar-refractivity contribution in [2.75, 3.05) is 31.5 Å². The van der Waals surface area contributed by atoms with Gasteiger partial charge in [0, 0.05) is 37.4 Å². The number of urea groups is 1. The highest BCUT2D eigenvalue weighted by atomic mass is 16.3. The van der Waals surface area contributed by atoms with E-state index in [-0.39, 0.29) is 23.3 Å². The van der Waals surface area contributed by atoms with E-state index in [4.69, 9.17) is 4.42 Å². The van der Waals surface area contributed by atoms with Crippen molar-refractivity contribution in [1.29, 1.82) is 0 Å². The first-order valence-electron chi connectivity index (χ1n) is 9.66. The van der Waals surface area contributed by atoms with Crippen molar-refractivity contribution in [2.24, 2.45) is 0 Å². The number of oxazole rings is 1. The highest BCUT2D eigenvalue weighted by Crippen LogP contribution is 2.25. The molecule has 1 aromatic heterocycles. The topological polar surface area (TPSA) is 98.9 Å². The molecule has 0 saturated carbocycles.